The Morgan fingerprint density at radius 2 is 2.00 bits per heavy atom. The molecule has 0 unspecified atom stereocenters. The van der Waals surface area contributed by atoms with Gasteiger partial charge in [0.25, 0.3) is 0 Å². The summed E-state index contributed by atoms with van der Waals surface area (Å²) >= 11 is 0. The second-order valence-electron chi connectivity index (χ2n) is 5.42. The second kappa shape index (κ2) is 6.12. The maximum atomic E-state index is 13.8. The predicted molar refractivity (Wildman–Crippen MR) is 72.1 cm³/mol. The highest BCUT2D eigenvalue weighted by atomic mass is 19.1. The number of carbonyl (C=O) groups is 1. The molecule has 1 aromatic rings. The third kappa shape index (κ3) is 4.01. The summed E-state index contributed by atoms with van der Waals surface area (Å²) in [5, 5.41) is 11.9. The number of nitrogens with zero attached hydrogens (tertiary/aromatic N) is 1. The van der Waals surface area contributed by atoms with E-state index in [2.05, 4.69) is 5.32 Å². The summed E-state index contributed by atoms with van der Waals surface area (Å²) in [6, 6.07) is 5.47. The molecule has 1 amide bonds. The Labute approximate surface area is 113 Å². The molecule has 5 heteroatoms. The molecular weight excluding hydrogens is 247 g/mol. The van der Waals surface area contributed by atoms with E-state index in [-0.39, 0.29) is 12.5 Å². The summed E-state index contributed by atoms with van der Waals surface area (Å²) < 4.78 is 13.8. The summed E-state index contributed by atoms with van der Waals surface area (Å²) in [6.07, 6.45) is 0. The molecule has 4 nitrogen and oxygen atoms in total. The van der Waals surface area contributed by atoms with Gasteiger partial charge < -0.3 is 10.4 Å². The lowest BCUT2D eigenvalue weighted by Crippen LogP contribution is -2.50. The van der Waals surface area contributed by atoms with Gasteiger partial charge >= 0.3 is 0 Å². The number of benzene rings is 1. The van der Waals surface area contributed by atoms with Crippen molar-refractivity contribution in [2.75, 3.05) is 20.7 Å². The third-order valence-electron chi connectivity index (χ3n) is 2.82. The van der Waals surface area contributed by atoms with E-state index in [1.54, 1.807) is 51.0 Å². The minimum absolute atomic E-state index is 0.184. The van der Waals surface area contributed by atoms with Crippen molar-refractivity contribution in [3.63, 3.8) is 0 Å². The molecule has 1 aromatic carbocycles. The Kier molecular flexibility index (Phi) is 5.03. The molecule has 0 saturated heterocycles. The number of halogens is 1. The van der Waals surface area contributed by atoms with Crippen molar-refractivity contribution >= 4 is 5.91 Å². The van der Waals surface area contributed by atoms with Gasteiger partial charge in [0.05, 0.1) is 12.1 Å². The molecule has 2 N–H and O–H groups in total. The van der Waals surface area contributed by atoms with Gasteiger partial charge in [0.2, 0.25) is 5.91 Å². The lowest BCUT2D eigenvalue weighted by atomic mass is 10.0. The van der Waals surface area contributed by atoms with Crippen molar-refractivity contribution in [1.29, 1.82) is 0 Å². The largest absolute Gasteiger partial charge is 0.394 e. The van der Waals surface area contributed by atoms with Gasteiger partial charge in [-0.25, -0.2) is 4.39 Å². The molecule has 0 fully saturated rings. The minimum atomic E-state index is -0.739. The molecular formula is C14H21FN2O2. The summed E-state index contributed by atoms with van der Waals surface area (Å²) in [4.78, 5) is 13.9. The van der Waals surface area contributed by atoms with E-state index >= 15 is 0 Å². The number of amides is 1. The Hall–Kier alpha value is -1.46. The molecule has 19 heavy (non-hydrogen) atoms. The lowest BCUT2D eigenvalue weighted by molar-refractivity contribution is -0.128. The van der Waals surface area contributed by atoms with E-state index in [9.17, 15) is 14.3 Å². The summed E-state index contributed by atoms with van der Waals surface area (Å²) in [6.45, 7) is 3.23. The first-order valence-corrected chi connectivity index (χ1v) is 6.12. The van der Waals surface area contributed by atoms with E-state index < -0.39 is 17.4 Å². The average Bonchev–Trinajstić information content (AvgIpc) is 2.31. The van der Waals surface area contributed by atoms with E-state index in [0.29, 0.717) is 5.56 Å². The number of aliphatic hydroxyl groups excluding tert-OH is 1. The Morgan fingerprint density at radius 1 is 1.42 bits per heavy atom. The number of carbonyl (C=O) groups excluding carboxylic acids is 1. The topological polar surface area (TPSA) is 52.6 Å². The van der Waals surface area contributed by atoms with Gasteiger partial charge in [0.15, 0.2) is 0 Å². The van der Waals surface area contributed by atoms with Crippen LogP contribution in [0.4, 0.5) is 4.39 Å². The van der Waals surface area contributed by atoms with E-state index in [1.807, 2.05) is 0 Å². The first kappa shape index (κ1) is 15.6. The number of aliphatic hydroxyl groups is 1. The summed E-state index contributed by atoms with van der Waals surface area (Å²) in [5.74, 6) is -0.757. The zero-order valence-electron chi connectivity index (χ0n) is 11.8. The monoisotopic (exact) mass is 268 g/mol. The van der Waals surface area contributed by atoms with Crippen LogP contribution in [0.5, 0.6) is 0 Å². The predicted octanol–water partition coefficient (Wildman–Crippen LogP) is 1.32. The number of hydrogen-bond acceptors (Lipinski definition) is 3. The lowest BCUT2D eigenvalue weighted by Gasteiger charge is -2.30. The Balaban J connectivity index is 3.03. The van der Waals surface area contributed by atoms with Crippen LogP contribution in [0.15, 0.2) is 24.3 Å². The van der Waals surface area contributed by atoms with Gasteiger partial charge in [-0.3, -0.25) is 9.69 Å². The molecule has 0 saturated carbocycles. The first-order chi connectivity index (χ1) is 8.78. The van der Waals surface area contributed by atoms with Gasteiger partial charge in [0.1, 0.15) is 11.9 Å². The van der Waals surface area contributed by atoms with Crippen LogP contribution in [0.1, 0.15) is 25.5 Å². The van der Waals surface area contributed by atoms with E-state index in [1.165, 1.54) is 6.07 Å². The Bertz CT molecular complexity index is 447. The highest BCUT2D eigenvalue weighted by molar-refractivity contribution is 5.83. The molecule has 1 rings (SSSR count). The fraction of sp³-hybridized carbons (Fsp3) is 0.500. The highest BCUT2D eigenvalue weighted by Crippen LogP contribution is 2.22. The zero-order valence-corrected chi connectivity index (χ0v) is 11.8. The highest BCUT2D eigenvalue weighted by Gasteiger charge is 2.29. The van der Waals surface area contributed by atoms with Crippen LogP contribution in [-0.2, 0) is 4.79 Å². The van der Waals surface area contributed by atoms with Crippen molar-refractivity contribution in [1.82, 2.24) is 10.2 Å². The van der Waals surface area contributed by atoms with Crippen molar-refractivity contribution in [3.8, 4) is 0 Å². The molecule has 0 bridgehead atoms. The molecule has 106 valence electrons. The summed E-state index contributed by atoms with van der Waals surface area (Å²) in [7, 11) is 3.42. The molecule has 0 aliphatic rings. The van der Waals surface area contributed by atoms with Crippen LogP contribution >= 0.6 is 0 Å². The molecule has 0 radical (unpaired) electrons. The fourth-order valence-corrected chi connectivity index (χ4v) is 1.79. The third-order valence-corrected chi connectivity index (χ3v) is 2.82. The maximum Gasteiger partial charge on any atom is 0.242 e. The quantitative estimate of drug-likeness (QED) is 0.846. The van der Waals surface area contributed by atoms with Crippen molar-refractivity contribution in [3.05, 3.63) is 35.6 Å². The van der Waals surface area contributed by atoms with Gasteiger partial charge in [-0.15, -0.1) is 0 Å². The number of hydrogen-bond donors (Lipinski definition) is 2. The van der Waals surface area contributed by atoms with Gasteiger partial charge in [-0.2, -0.15) is 0 Å². The van der Waals surface area contributed by atoms with Crippen LogP contribution in [0.2, 0.25) is 0 Å². The number of likely N-dealkylation sites (N-methyl/N-ethyl adjacent to an activating group) is 1. The van der Waals surface area contributed by atoms with Gasteiger partial charge in [-0.1, -0.05) is 18.2 Å². The van der Waals surface area contributed by atoms with Gasteiger partial charge in [-0.05, 0) is 34.0 Å². The summed E-state index contributed by atoms with van der Waals surface area (Å²) in [5.41, 5.74) is -0.421. The van der Waals surface area contributed by atoms with Crippen LogP contribution < -0.4 is 5.32 Å². The zero-order chi connectivity index (χ0) is 14.6. The second-order valence-corrected chi connectivity index (χ2v) is 5.42. The van der Waals surface area contributed by atoms with Crippen molar-refractivity contribution in [2.24, 2.45) is 0 Å². The van der Waals surface area contributed by atoms with Crippen molar-refractivity contribution in [2.45, 2.75) is 25.4 Å². The van der Waals surface area contributed by atoms with Crippen LogP contribution in [-0.4, -0.2) is 42.2 Å². The maximum absolute atomic E-state index is 13.8. The molecule has 0 aliphatic carbocycles. The van der Waals surface area contributed by atoms with Crippen LogP contribution in [0.3, 0.4) is 0 Å². The molecule has 0 aliphatic heterocycles. The number of nitrogens with one attached hydrogen (secondary N) is 1. The normalized spacial score (nSPS) is 13.4. The Morgan fingerprint density at radius 3 is 2.47 bits per heavy atom. The van der Waals surface area contributed by atoms with Crippen LogP contribution in [0, 0.1) is 5.82 Å². The van der Waals surface area contributed by atoms with Gasteiger partial charge in [0, 0.05) is 5.56 Å². The average molecular weight is 268 g/mol. The van der Waals surface area contributed by atoms with E-state index in [4.69, 9.17) is 0 Å². The molecule has 1 atom stereocenters. The fourth-order valence-electron chi connectivity index (χ4n) is 1.79. The minimum Gasteiger partial charge on any atom is -0.394 e. The molecule has 0 heterocycles. The molecule has 0 spiro atoms. The SMILES string of the molecule is CN(C)[C@H](C(=O)NC(C)(C)CO)c1ccccc1F. The molecule has 0 aromatic heterocycles. The van der Waals surface area contributed by atoms with Crippen LogP contribution in [0.25, 0.3) is 0 Å². The standard InChI is InChI=1S/C14H21FN2O2/c1-14(2,9-18)16-13(19)12(17(3)4)10-7-5-6-8-11(10)15/h5-8,12,18H,9H2,1-4H3,(H,16,19)/t12-/m0/s1. The van der Waals surface area contributed by atoms with Crippen molar-refractivity contribution < 1.29 is 14.3 Å². The smallest absolute Gasteiger partial charge is 0.242 e. The number of rotatable bonds is 5. The first-order valence-electron chi connectivity index (χ1n) is 6.12. The van der Waals surface area contributed by atoms with E-state index in [0.717, 1.165) is 0 Å².